The van der Waals surface area contributed by atoms with E-state index in [1.54, 1.807) is 6.07 Å². The van der Waals surface area contributed by atoms with E-state index in [0.29, 0.717) is 17.3 Å². The summed E-state index contributed by atoms with van der Waals surface area (Å²) in [5.41, 5.74) is 6.99. The minimum atomic E-state index is -0.316. The molecule has 0 amide bonds. The van der Waals surface area contributed by atoms with Gasteiger partial charge in [0, 0.05) is 5.39 Å². The van der Waals surface area contributed by atoms with Crippen LogP contribution in [0.25, 0.3) is 11.0 Å². The summed E-state index contributed by atoms with van der Waals surface area (Å²) < 4.78 is 19.4. The van der Waals surface area contributed by atoms with Crippen molar-refractivity contribution >= 4 is 11.0 Å². The van der Waals surface area contributed by atoms with Gasteiger partial charge in [-0.1, -0.05) is 38.8 Å². The lowest BCUT2D eigenvalue weighted by Crippen LogP contribution is -2.36. The summed E-state index contributed by atoms with van der Waals surface area (Å²) in [7, 11) is 0. The van der Waals surface area contributed by atoms with Crippen molar-refractivity contribution in [2.45, 2.75) is 45.6 Å². The fourth-order valence-corrected chi connectivity index (χ4v) is 3.60. The van der Waals surface area contributed by atoms with E-state index in [2.05, 4.69) is 13.8 Å². The van der Waals surface area contributed by atoms with Gasteiger partial charge in [0.2, 0.25) is 0 Å². The lowest BCUT2D eigenvalue weighted by molar-refractivity contribution is 0.105. The second-order valence-corrected chi connectivity index (χ2v) is 6.67. The van der Waals surface area contributed by atoms with Crippen molar-refractivity contribution < 1.29 is 8.81 Å². The Bertz CT molecular complexity index is 616. The van der Waals surface area contributed by atoms with Crippen molar-refractivity contribution in [2.24, 2.45) is 17.1 Å². The van der Waals surface area contributed by atoms with Gasteiger partial charge in [-0.25, -0.2) is 4.39 Å². The van der Waals surface area contributed by atoms with Crippen LogP contribution in [-0.4, -0.2) is 0 Å². The molecule has 2 aromatic rings. The molecule has 0 aliphatic heterocycles. The van der Waals surface area contributed by atoms with Crippen molar-refractivity contribution in [2.75, 3.05) is 0 Å². The molecular formula is C17H22FNO. The SMILES string of the molecule is CC1(C)CCCCC1C(N)c1cc2cccc(F)c2o1. The Balaban J connectivity index is 1.95. The monoisotopic (exact) mass is 275 g/mol. The molecule has 1 aliphatic carbocycles. The van der Waals surface area contributed by atoms with Crippen molar-refractivity contribution in [3.8, 4) is 0 Å². The van der Waals surface area contributed by atoms with Crippen LogP contribution in [0.2, 0.25) is 0 Å². The molecular weight excluding hydrogens is 253 g/mol. The topological polar surface area (TPSA) is 39.2 Å². The fourth-order valence-electron chi connectivity index (χ4n) is 3.60. The molecule has 0 saturated heterocycles. The lowest BCUT2D eigenvalue weighted by atomic mass is 9.65. The summed E-state index contributed by atoms with van der Waals surface area (Å²) in [5.74, 6) is 0.786. The second kappa shape index (κ2) is 4.88. The number of hydrogen-bond donors (Lipinski definition) is 1. The lowest BCUT2D eigenvalue weighted by Gasteiger charge is -2.41. The van der Waals surface area contributed by atoms with Gasteiger partial charge >= 0.3 is 0 Å². The zero-order chi connectivity index (χ0) is 14.3. The van der Waals surface area contributed by atoms with E-state index in [-0.39, 0.29) is 17.3 Å². The van der Waals surface area contributed by atoms with Gasteiger partial charge in [-0.05, 0) is 36.3 Å². The number of benzene rings is 1. The first-order valence-corrected chi connectivity index (χ1v) is 7.42. The van der Waals surface area contributed by atoms with E-state index in [1.807, 2.05) is 12.1 Å². The molecule has 2 atom stereocenters. The standard InChI is InChI=1S/C17H22FNO/c1-17(2)9-4-3-7-12(17)15(19)14-10-11-6-5-8-13(18)16(11)20-14/h5-6,8,10,12,15H,3-4,7,9,19H2,1-2H3. The molecule has 2 N–H and O–H groups in total. The zero-order valence-corrected chi connectivity index (χ0v) is 12.2. The summed E-state index contributed by atoms with van der Waals surface area (Å²) in [5, 5.41) is 0.795. The van der Waals surface area contributed by atoms with E-state index < -0.39 is 0 Å². The number of nitrogens with two attached hydrogens (primary N) is 1. The predicted octanol–water partition coefficient (Wildman–Crippen LogP) is 4.79. The first-order chi connectivity index (χ1) is 9.49. The minimum absolute atomic E-state index is 0.155. The number of furan rings is 1. The van der Waals surface area contributed by atoms with Crippen LogP contribution in [0.1, 0.15) is 51.3 Å². The predicted molar refractivity (Wildman–Crippen MR) is 78.8 cm³/mol. The third-order valence-electron chi connectivity index (χ3n) is 4.87. The van der Waals surface area contributed by atoms with Crippen LogP contribution in [-0.2, 0) is 0 Å². The number of fused-ring (bicyclic) bond motifs is 1. The maximum atomic E-state index is 13.7. The highest BCUT2D eigenvalue weighted by atomic mass is 19.1. The molecule has 1 fully saturated rings. The van der Waals surface area contributed by atoms with Crippen molar-refractivity contribution in [1.29, 1.82) is 0 Å². The van der Waals surface area contributed by atoms with Crippen LogP contribution in [0, 0.1) is 17.2 Å². The maximum Gasteiger partial charge on any atom is 0.169 e. The molecule has 3 heteroatoms. The van der Waals surface area contributed by atoms with Gasteiger partial charge in [0.1, 0.15) is 5.76 Å². The Morgan fingerprint density at radius 3 is 2.85 bits per heavy atom. The van der Waals surface area contributed by atoms with Gasteiger partial charge in [0.15, 0.2) is 11.4 Å². The molecule has 3 rings (SSSR count). The number of hydrogen-bond acceptors (Lipinski definition) is 2. The van der Waals surface area contributed by atoms with Gasteiger partial charge < -0.3 is 10.2 Å². The molecule has 2 nitrogen and oxygen atoms in total. The minimum Gasteiger partial charge on any atom is -0.456 e. The molecule has 0 radical (unpaired) electrons. The van der Waals surface area contributed by atoms with Crippen LogP contribution in [0.3, 0.4) is 0 Å². The van der Waals surface area contributed by atoms with Crippen LogP contribution >= 0.6 is 0 Å². The number of rotatable bonds is 2. The number of para-hydroxylation sites is 1. The average molecular weight is 275 g/mol. The Morgan fingerprint density at radius 2 is 2.15 bits per heavy atom. The van der Waals surface area contributed by atoms with Gasteiger partial charge in [-0.2, -0.15) is 0 Å². The Labute approximate surface area is 119 Å². The Kier molecular flexibility index (Phi) is 3.33. The summed E-state index contributed by atoms with van der Waals surface area (Å²) in [4.78, 5) is 0. The summed E-state index contributed by atoms with van der Waals surface area (Å²) in [6.45, 7) is 4.56. The molecule has 1 aromatic carbocycles. The van der Waals surface area contributed by atoms with Crippen LogP contribution < -0.4 is 5.73 Å². The van der Waals surface area contributed by atoms with Crippen molar-refractivity contribution in [3.05, 3.63) is 35.8 Å². The quantitative estimate of drug-likeness (QED) is 0.856. The van der Waals surface area contributed by atoms with Crippen LogP contribution in [0.15, 0.2) is 28.7 Å². The third-order valence-corrected chi connectivity index (χ3v) is 4.87. The van der Waals surface area contributed by atoms with Crippen LogP contribution in [0.4, 0.5) is 4.39 Å². The molecule has 1 saturated carbocycles. The van der Waals surface area contributed by atoms with E-state index >= 15 is 0 Å². The normalized spacial score (nSPS) is 23.9. The zero-order valence-electron chi connectivity index (χ0n) is 12.2. The molecule has 1 aromatic heterocycles. The Morgan fingerprint density at radius 1 is 1.35 bits per heavy atom. The maximum absolute atomic E-state index is 13.7. The second-order valence-electron chi connectivity index (χ2n) is 6.67. The molecule has 1 aliphatic rings. The first-order valence-electron chi connectivity index (χ1n) is 7.42. The molecule has 108 valence electrons. The van der Waals surface area contributed by atoms with Gasteiger partial charge in [-0.15, -0.1) is 0 Å². The van der Waals surface area contributed by atoms with Crippen LogP contribution in [0.5, 0.6) is 0 Å². The van der Waals surface area contributed by atoms with E-state index in [0.717, 1.165) is 11.8 Å². The largest absolute Gasteiger partial charge is 0.456 e. The molecule has 0 spiro atoms. The van der Waals surface area contributed by atoms with Gasteiger partial charge in [-0.3, -0.25) is 0 Å². The average Bonchev–Trinajstić information content (AvgIpc) is 2.83. The highest BCUT2D eigenvalue weighted by Gasteiger charge is 2.37. The summed E-state index contributed by atoms with van der Waals surface area (Å²) in [6, 6.07) is 6.73. The first kappa shape index (κ1) is 13.6. The van der Waals surface area contributed by atoms with E-state index in [4.69, 9.17) is 10.2 Å². The van der Waals surface area contributed by atoms with Crippen molar-refractivity contribution in [1.82, 2.24) is 0 Å². The molecule has 2 unspecified atom stereocenters. The fraction of sp³-hybridized carbons (Fsp3) is 0.529. The summed E-state index contributed by atoms with van der Waals surface area (Å²) in [6.07, 6.45) is 4.80. The van der Waals surface area contributed by atoms with Crippen molar-refractivity contribution in [3.63, 3.8) is 0 Å². The Hall–Kier alpha value is -1.35. The van der Waals surface area contributed by atoms with Gasteiger partial charge in [0.05, 0.1) is 6.04 Å². The van der Waals surface area contributed by atoms with E-state index in [1.165, 1.54) is 25.3 Å². The molecule has 0 bridgehead atoms. The molecule has 20 heavy (non-hydrogen) atoms. The highest BCUT2D eigenvalue weighted by Crippen LogP contribution is 2.46. The third kappa shape index (κ3) is 2.24. The number of halogens is 1. The smallest absolute Gasteiger partial charge is 0.169 e. The van der Waals surface area contributed by atoms with Gasteiger partial charge in [0.25, 0.3) is 0 Å². The van der Waals surface area contributed by atoms with E-state index in [9.17, 15) is 4.39 Å². The molecule has 1 heterocycles. The highest BCUT2D eigenvalue weighted by molar-refractivity contribution is 5.78. The summed E-state index contributed by atoms with van der Waals surface area (Å²) >= 11 is 0.